The molecular weight excluding hydrogens is 279 g/mol. The third kappa shape index (κ3) is 10.4. The van der Waals surface area contributed by atoms with E-state index in [9.17, 15) is 19.2 Å². The van der Waals surface area contributed by atoms with E-state index in [0.717, 1.165) is 0 Å². The van der Waals surface area contributed by atoms with E-state index in [1.807, 2.05) is 0 Å². The van der Waals surface area contributed by atoms with E-state index in [1.54, 1.807) is 0 Å². The maximum atomic E-state index is 11.4. The molecule has 102 valence electrons. The van der Waals surface area contributed by atoms with Gasteiger partial charge in [-0.15, -0.1) is 0 Å². The Balaban J connectivity index is 3.60. The van der Waals surface area contributed by atoms with Crippen molar-refractivity contribution in [2.45, 2.75) is 51.4 Å². The van der Waals surface area contributed by atoms with Gasteiger partial charge in [-0.1, -0.05) is 0 Å². The minimum Gasteiger partial charge on any atom is -0.291 e. The van der Waals surface area contributed by atoms with E-state index in [4.69, 9.17) is 23.2 Å². The molecular formula is C12H16Cl2O4. The summed E-state index contributed by atoms with van der Waals surface area (Å²) in [6, 6.07) is 0. The normalized spacial score (nSPS) is 10.1. The SMILES string of the molecule is O=C(Cl)CCCCC(=O)C(=O)CCCCC(=O)Cl. The molecule has 0 saturated heterocycles. The van der Waals surface area contributed by atoms with E-state index in [0.29, 0.717) is 25.7 Å². The van der Waals surface area contributed by atoms with Crippen LogP contribution in [0, 0.1) is 0 Å². The van der Waals surface area contributed by atoms with Crippen LogP contribution in [0.3, 0.4) is 0 Å². The van der Waals surface area contributed by atoms with Gasteiger partial charge >= 0.3 is 0 Å². The molecule has 0 bridgehead atoms. The summed E-state index contributed by atoms with van der Waals surface area (Å²) >= 11 is 10.3. The van der Waals surface area contributed by atoms with E-state index >= 15 is 0 Å². The van der Waals surface area contributed by atoms with E-state index in [2.05, 4.69) is 0 Å². The molecule has 0 spiro atoms. The number of carbonyl (C=O) groups excluding carboxylic acids is 4. The maximum Gasteiger partial charge on any atom is 0.221 e. The molecule has 0 rings (SSSR count). The van der Waals surface area contributed by atoms with E-state index in [1.165, 1.54) is 0 Å². The van der Waals surface area contributed by atoms with Crippen molar-refractivity contribution < 1.29 is 19.2 Å². The topological polar surface area (TPSA) is 68.3 Å². The van der Waals surface area contributed by atoms with Gasteiger partial charge in [0.1, 0.15) is 0 Å². The van der Waals surface area contributed by atoms with Gasteiger partial charge in [-0.3, -0.25) is 19.2 Å². The van der Waals surface area contributed by atoms with Crippen molar-refractivity contribution in [1.29, 1.82) is 0 Å². The maximum absolute atomic E-state index is 11.4. The molecule has 0 aliphatic rings. The molecule has 0 heterocycles. The number of hydrogen-bond acceptors (Lipinski definition) is 4. The molecule has 0 radical (unpaired) electrons. The lowest BCUT2D eigenvalue weighted by Gasteiger charge is -2.00. The number of hydrogen-bond donors (Lipinski definition) is 0. The molecule has 0 N–H and O–H groups in total. The Hall–Kier alpha value is -0.740. The zero-order valence-electron chi connectivity index (χ0n) is 10.0. The monoisotopic (exact) mass is 294 g/mol. The van der Waals surface area contributed by atoms with Gasteiger partial charge in [-0.05, 0) is 48.9 Å². The van der Waals surface area contributed by atoms with Crippen molar-refractivity contribution in [3.63, 3.8) is 0 Å². The molecule has 0 atom stereocenters. The molecule has 0 aliphatic carbocycles. The third-order valence-electron chi connectivity index (χ3n) is 2.37. The van der Waals surface area contributed by atoms with Gasteiger partial charge in [0.25, 0.3) is 0 Å². The summed E-state index contributed by atoms with van der Waals surface area (Å²) < 4.78 is 0. The molecule has 6 heteroatoms. The lowest BCUT2D eigenvalue weighted by atomic mass is 10.0. The van der Waals surface area contributed by atoms with Crippen molar-refractivity contribution in [2.24, 2.45) is 0 Å². The smallest absolute Gasteiger partial charge is 0.221 e. The molecule has 18 heavy (non-hydrogen) atoms. The molecule has 0 saturated carbocycles. The lowest BCUT2D eigenvalue weighted by molar-refractivity contribution is -0.136. The first-order chi connectivity index (χ1) is 8.43. The number of halogens is 2. The van der Waals surface area contributed by atoms with E-state index < -0.39 is 22.1 Å². The van der Waals surface area contributed by atoms with Gasteiger partial charge in [0.2, 0.25) is 10.5 Å². The summed E-state index contributed by atoms with van der Waals surface area (Å²) in [6.07, 6.45) is 2.76. The number of carbonyl (C=O) groups is 4. The molecule has 4 nitrogen and oxygen atoms in total. The highest BCUT2D eigenvalue weighted by molar-refractivity contribution is 6.63. The molecule has 0 amide bonds. The van der Waals surface area contributed by atoms with Crippen molar-refractivity contribution in [1.82, 2.24) is 0 Å². The van der Waals surface area contributed by atoms with Crippen LogP contribution in [0.1, 0.15) is 51.4 Å². The Bertz CT molecular complexity index is 294. The van der Waals surface area contributed by atoms with Crippen LogP contribution in [0.15, 0.2) is 0 Å². The molecule has 0 aromatic heterocycles. The summed E-state index contributed by atoms with van der Waals surface area (Å²) in [6.45, 7) is 0. The van der Waals surface area contributed by atoms with Crippen LogP contribution in [-0.4, -0.2) is 22.1 Å². The predicted molar refractivity (Wildman–Crippen MR) is 68.7 cm³/mol. The molecule has 0 unspecified atom stereocenters. The zero-order chi connectivity index (χ0) is 14.0. The third-order valence-corrected chi connectivity index (χ3v) is 2.74. The molecule has 0 aromatic rings. The van der Waals surface area contributed by atoms with Crippen molar-refractivity contribution in [3.8, 4) is 0 Å². The molecule has 0 fully saturated rings. The van der Waals surface area contributed by atoms with E-state index in [-0.39, 0.29) is 25.7 Å². The Morgan fingerprint density at radius 2 is 0.833 bits per heavy atom. The first-order valence-corrected chi connectivity index (χ1v) is 6.61. The van der Waals surface area contributed by atoms with Gasteiger partial charge in [-0.25, -0.2) is 0 Å². The average molecular weight is 295 g/mol. The van der Waals surface area contributed by atoms with Gasteiger partial charge in [0, 0.05) is 25.7 Å². The fraction of sp³-hybridized carbons (Fsp3) is 0.667. The highest BCUT2D eigenvalue weighted by atomic mass is 35.5. The lowest BCUT2D eigenvalue weighted by Crippen LogP contribution is -2.13. The average Bonchev–Trinajstić information content (AvgIpc) is 2.29. The van der Waals surface area contributed by atoms with Crippen LogP contribution >= 0.6 is 23.2 Å². The Kier molecular flexibility index (Phi) is 9.79. The highest BCUT2D eigenvalue weighted by Crippen LogP contribution is 2.07. The van der Waals surface area contributed by atoms with Crippen LogP contribution in [-0.2, 0) is 19.2 Å². The van der Waals surface area contributed by atoms with Crippen LogP contribution in [0.5, 0.6) is 0 Å². The minimum absolute atomic E-state index is 0.150. The quantitative estimate of drug-likeness (QED) is 0.334. The van der Waals surface area contributed by atoms with Crippen molar-refractivity contribution in [2.75, 3.05) is 0 Å². The summed E-state index contributed by atoms with van der Waals surface area (Å²) in [5.41, 5.74) is 0. The van der Waals surface area contributed by atoms with Crippen LogP contribution in [0.2, 0.25) is 0 Å². The summed E-state index contributed by atoms with van der Waals surface area (Å²) in [5.74, 6) is -0.844. The minimum atomic E-state index is -0.431. The highest BCUT2D eigenvalue weighted by Gasteiger charge is 2.13. The second kappa shape index (κ2) is 10.2. The van der Waals surface area contributed by atoms with Crippen molar-refractivity contribution in [3.05, 3.63) is 0 Å². The summed E-state index contributed by atoms with van der Waals surface area (Å²) in [7, 11) is 0. The fourth-order valence-electron chi connectivity index (χ4n) is 1.38. The number of rotatable bonds is 11. The molecule has 0 aliphatic heterocycles. The number of unbranched alkanes of at least 4 members (excludes halogenated alkanes) is 2. The number of Topliss-reactive ketones (excluding diaryl/α,β-unsaturated/α-hetero) is 2. The summed E-state index contributed by atoms with van der Waals surface area (Å²) in [4.78, 5) is 43.6. The standard InChI is InChI=1S/C12H16Cl2O4/c13-11(17)7-3-1-5-9(15)10(16)6-2-4-8-12(14)18/h1-8H2. The van der Waals surface area contributed by atoms with Crippen LogP contribution in [0.4, 0.5) is 0 Å². The first-order valence-electron chi connectivity index (χ1n) is 5.86. The van der Waals surface area contributed by atoms with Gasteiger partial charge in [-0.2, -0.15) is 0 Å². The van der Waals surface area contributed by atoms with Crippen molar-refractivity contribution >= 4 is 45.3 Å². The first kappa shape index (κ1) is 17.3. The van der Waals surface area contributed by atoms with Gasteiger partial charge in [0.15, 0.2) is 11.6 Å². The molecule has 0 aromatic carbocycles. The fourth-order valence-corrected chi connectivity index (χ4v) is 1.65. The van der Waals surface area contributed by atoms with Crippen LogP contribution < -0.4 is 0 Å². The van der Waals surface area contributed by atoms with Gasteiger partial charge in [0.05, 0.1) is 0 Å². The van der Waals surface area contributed by atoms with Crippen LogP contribution in [0.25, 0.3) is 0 Å². The number of ketones is 2. The Morgan fingerprint density at radius 3 is 1.11 bits per heavy atom. The predicted octanol–water partition coefficient (Wildman–Crippen LogP) is 2.78. The summed E-state index contributed by atoms with van der Waals surface area (Å²) in [5, 5.41) is -0.862. The largest absolute Gasteiger partial charge is 0.291 e. The zero-order valence-corrected chi connectivity index (χ0v) is 11.6. The Labute approximate surface area is 116 Å². The second-order valence-corrected chi connectivity index (χ2v) is 4.81. The Morgan fingerprint density at radius 1 is 0.556 bits per heavy atom. The van der Waals surface area contributed by atoms with Gasteiger partial charge < -0.3 is 0 Å². The second-order valence-electron chi connectivity index (χ2n) is 3.97.